The monoisotopic (exact) mass is 568 g/mol. The Hall–Kier alpha value is -2.69. The Balaban J connectivity index is 0.00000385. The fraction of sp³-hybridized carbons (Fsp3) is 0.417. The van der Waals surface area contributed by atoms with E-state index in [0.717, 1.165) is 29.3 Å². The number of guanidine groups is 1. The molecule has 0 fully saturated rings. The summed E-state index contributed by atoms with van der Waals surface area (Å²) in [6, 6.07) is 11.8. The van der Waals surface area contributed by atoms with Gasteiger partial charge in [-0.1, -0.05) is 24.3 Å². The summed E-state index contributed by atoms with van der Waals surface area (Å²) in [6.45, 7) is 3.95. The fourth-order valence-corrected chi connectivity index (χ4v) is 3.88. The van der Waals surface area contributed by atoms with Gasteiger partial charge in [0.2, 0.25) is 11.7 Å². The molecule has 180 valence electrons. The summed E-state index contributed by atoms with van der Waals surface area (Å²) in [7, 11) is 4.83. The minimum absolute atomic E-state index is 0. The van der Waals surface area contributed by atoms with Gasteiger partial charge in [0.1, 0.15) is 0 Å². The summed E-state index contributed by atoms with van der Waals surface area (Å²) in [6.07, 6.45) is 1.14. The van der Waals surface area contributed by atoms with Crippen molar-refractivity contribution in [1.82, 2.24) is 10.6 Å². The van der Waals surface area contributed by atoms with Crippen LogP contribution in [0.2, 0.25) is 0 Å². The minimum atomic E-state index is 0. The summed E-state index contributed by atoms with van der Waals surface area (Å²) >= 11 is 0. The maximum absolute atomic E-state index is 12.1. The van der Waals surface area contributed by atoms with E-state index in [4.69, 9.17) is 19.2 Å². The Morgan fingerprint density at radius 3 is 2.52 bits per heavy atom. The van der Waals surface area contributed by atoms with Crippen molar-refractivity contribution in [2.24, 2.45) is 4.99 Å². The highest BCUT2D eigenvalue weighted by Crippen LogP contribution is 2.39. The molecule has 3 rings (SSSR count). The van der Waals surface area contributed by atoms with E-state index in [0.29, 0.717) is 43.2 Å². The van der Waals surface area contributed by atoms with Crippen LogP contribution in [0, 0.1) is 0 Å². The molecule has 0 saturated heterocycles. The largest absolute Gasteiger partial charge is 0.493 e. The Morgan fingerprint density at radius 1 is 1.06 bits per heavy atom. The molecule has 0 bridgehead atoms. The van der Waals surface area contributed by atoms with Gasteiger partial charge in [-0.3, -0.25) is 9.79 Å². The quantitative estimate of drug-likeness (QED) is 0.244. The average Bonchev–Trinajstić information content (AvgIpc) is 2.81. The van der Waals surface area contributed by atoms with E-state index in [1.807, 2.05) is 37.3 Å². The van der Waals surface area contributed by atoms with Crippen molar-refractivity contribution in [1.29, 1.82) is 0 Å². The number of para-hydroxylation sites is 1. The molecule has 9 heteroatoms. The number of ether oxygens (including phenoxy) is 3. The molecule has 0 radical (unpaired) electrons. The number of nitrogens with one attached hydrogen (secondary N) is 3. The van der Waals surface area contributed by atoms with Crippen LogP contribution in [0.15, 0.2) is 41.4 Å². The fourth-order valence-electron chi connectivity index (χ4n) is 3.88. The molecule has 1 heterocycles. The van der Waals surface area contributed by atoms with E-state index in [1.54, 1.807) is 21.3 Å². The Kier molecular flexibility index (Phi) is 10.6. The van der Waals surface area contributed by atoms with Gasteiger partial charge < -0.3 is 30.2 Å². The lowest BCUT2D eigenvalue weighted by molar-refractivity contribution is -0.116. The van der Waals surface area contributed by atoms with Gasteiger partial charge in [-0.2, -0.15) is 0 Å². The number of aliphatic imine (C=N–C) groups is 1. The molecular weight excluding hydrogens is 535 g/mol. The van der Waals surface area contributed by atoms with E-state index in [1.165, 1.54) is 0 Å². The molecule has 1 amide bonds. The van der Waals surface area contributed by atoms with Crippen LogP contribution in [0.3, 0.4) is 0 Å². The SMILES string of the molecule is CCNC(=NCC1CC(=O)Nc2ccccc21)NCCc1ccc(OC)c(OC)c1OC.I. The number of carbonyl (C=O) groups excluding carboxylic acids is 1. The first kappa shape index (κ1) is 26.6. The van der Waals surface area contributed by atoms with E-state index in [2.05, 4.69) is 22.0 Å². The van der Waals surface area contributed by atoms with Crippen LogP contribution in [-0.2, 0) is 11.2 Å². The smallest absolute Gasteiger partial charge is 0.225 e. The van der Waals surface area contributed by atoms with Crippen LogP contribution < -0.4 is 30.2 Å². The summed E-state index contributed by atoms with van der Waals surface area (Å²) in [5, 5.41) is 9.58. The highest BCUT2D eigenvalue weighted by Gasteiger charge is 2.24. The lowest BCUT2D eigenvalue weighted by Gasteiger charge is -2.24. The third-order valence-corrected chi connectivity index (χ3v) is 5.39. The van der Waals surface area contributed by atoms with Gasteiger partial charge in [0, 0.05) is 36.7 Å². The predicted octanol–water partition coefficient (Wildman–Crippen LogP) is 3.55. The van der Waals surface area contributed by atoms with Gasteiger partial charge >= 0.3 is 0 Å². The third-order valence-electron chi connectivity index (χ3n) is 5.39. The highest BCUT2D eigenvalue weighted by molar-refractivity contribution is 14.0. The number of rotatable bonds is 9. The standard InChI is InChI=1S/C24H32N4O4.HI/c1-5-25-24(27-15-17-14-21(29)28-19-9-7-6-8-18(17)19)26-13-12-16-10-11-20(30-2)23(32-4)22(16)31-3;/h6-11,17H,5,12-15H2,1-4H3,(H,28,29)(H2,25,26,27);1H. The molecule has 1 aliphatic rings. The van der Waals surface area contributed by atoms with Crippen LogP contribution in [0.25, 0.3) is 0 Å². The molecular formula is C24H33IN4O4. The van der Waals surface area contributed by atoms with Gasteiger partial charge in [0.05, 0.1) is 27.9 Å². The molecule has 8 nitrogen and oxygen atoms in total. The zero-order valence-electron chi connectivity index (χ0n) is 19.6. The van der Waals surface area contributed by atoms with Crippen molar-refractivity contribution in [2.45, 2.75) is 25.7 Å². The van der Waals surface area contributed by atoms with Crippen LogP contribution in [0.5, 0.6) is 17.2 Å². The van der Waals surface area contributed by atoms with Crippen LogP contribution >= 0.6 is 24.0 Å². The molecule has 1 aliphatic heterocycles. The number of fused-ring (bicyclic) bond motifs is 1. The maximum atomic E-state index is 12.1. The lowest BCUT2D eigenvalue weighted by Crippen LogP contribution is -2.39. The van der Waals surface area contributed by atoms with E-state index < -0.39 is 0 Å². The number of nitrogens with zero attached hydrogens (tertiary/aromatic N) is 1. The Labute approximate surface area is 212 Å². The maximum Gasteiger partial charge on any atom is 0.225 e. The summed E-state index contributed by atoms with van der Waals surface area (Å²) in [5.74, 6) is 2.69. The molecule has 2 aromatic rings. The molecule has 0 aromatic heterocycles. The number of anilines is 1. The summed E-state index contributed by atoms with van der Waals surface area (Å²) in [5.41, 5.74) is 3.01. The second-order valence-electron chi connectivity index (χ2n) is 7.43. The molecule has 0 aliphatic carbocycles. The number of hydrogen-bond donors (Lipinski definition) is 3. The predicted molar refractivity (Wildman–Crippen MR) is 142 cm³/mol. The first-order chi connectivity index (χ1) is 15.6. The van der Waals surface area contributed by atoms with Gasteiger partial charge in [-0.05, 0) is 31.0 Å². The van der Waals surface area contributed by atoms with Gasteiger partial charge in [-0.15, -0.1) is 24.0 Å². The number of methoxy groups -OCH3 is 3. The van der Waals surface area contributed by atoms with Crippen molar-refractivity contribution < 1.29 is 19.0 Å². The molecule has 1 unspecified atom stereocenters. The average molecular weight is 568 g/mol. The van der Waals surface area contributed by atoms with Gasteiger partial charge in [0.25, 0.3) is 0 Å². The van der Waals surface area contributed by atoms with Crippen LogP contribution in [-0.4, -0.2) is 52.8 Å². The Morgan fingerprint density at radius 2 is 1.82 bits per heavy atom. The molecule has 3 N–H and O–H groups in total. The topological polar surface area (TPSA) is 93.2 Å². The molecule has 0 saturated carbocycles. The van der Waals surface area contributed by atoms with Crippen molar-refractivity contribution in [3.05, 3.63) is 47.5 Å². The third kappa shape index (κ3) is 6.66. The second-order valence-corrected chi connectivity index (χ2v) is 7.43. The minimum Gasteiger partial charge on any atom is -0.493 e. The number of hydrogen-bond acceptors (Lipinski definition) is 5. The van der Waals surface area contributed by atoms with Crippen molar-refractivity contribution in [2.75, 3.05) is 46.3 Å². The van der Waals surface area contributed by atoms with Crippen molar-refractivity contribution in [3.8, 4) is 17.2 Å². The van der Waals surface area contributed by atoms with E-state index in [9.17, 15) is 4.79 Å². The molecule has 1 atom stereocenters. The molecule has 0 spiro atoms. The zero-order chi connectivity index (χ0) is 22.9. The van der Waals surface area contributed by atoms with Crippen molar-refractivity contribution >= 4 is 41.5 Å². The lowest BCUT2D eigenvalue weighted by atomic mass is 9.91. The second kappa shape index (κ2) is 13.1. The Bertz CT molecular complexity index is 967. The first-order valence-electron chi connectivity index (χ1n) is 10.8. The van der Waals surface area contributed by atoms with Crippen LogP contribution in [0.4, 0.5) is 5.69 Å². The first-order valence-corrected chi connectivity index (χ1v) is 10.8. The number of halogens is 1. The number of carbonyl (C=O) groups is 1. The summed E-state index contributed by atoms with van der Waals surface area (Å²) < 4.78 is 16.4. The van der Waals surface area contributed by atoms with E-state index in [-0.39, 0.29) is 35.8 Å². The number of benzene rings is 2. The highest BCUT2D eigenvalue weighted by atomic mass is 127. The van der Waals surface area contributed by atoms with Crippen LogP contribution in [0.1, 0.15) is 30.4 Å². The number of amides is 1. The molecule has 33 heavy (non-hydrogen) atoms. The zero-order valence-corrected chi connectivity index (χ0v) is 21.9. The van der Waals surface area contributed by atoms with E-state index >= 15 is 0 Å². The van der Waals surface area contributed by atoms with Gasteiger partial charge in [0.15, 0.2) is 17.5 Å². The summed E-state index contributed by atoms with van der Waals surface area (Å²) in [4.78, 5) is 16.8. The normalized spacial score (nSPS) is 15.0. The van der Waals surface area contributed by atoms with Gasteiger partial charge in [-0.25, -0.2) is 0 Å². The van der Waals surface area contributed by atoms with Crippen molar-refractivity contribution in [3.63, 3.8) is 0 Å². The molecule has 2 aromatic carbocycles.